The molecule has 0 saturated carbocycles. The fourth-order valence-electron chi connectivity index (χ4n) is 0.726. The lowest BCUT2D eigenvalue weighted by atomic mass is 10.1. The first-order chi connectivity index (χ1) is 5.49. The molecule has 0 heterocycles. The minimum absolute atomic E-state index is 0.252. The molecule has 0 bridgehead atoms. The van der Waals surface area contributed by atoms with Crippen LogP contribution in [-0.4, -0.2) is 29.7 Å². The van der Waals surface area contributed by atoms with Gasteiger partial charge in [0.25, 0.3) is 5.91 Å². The van der Waals surface area contributed by atoms with E-state index in [-0.39, 0.29) is 5.92 Å². The SMILES string of the molecule is CC(C)C(NC(=O)CF)C(=O)O. The number of carbonyl (C=O) groups excluding carboxylic acids is 1. The van der Waals surface area contributed by atoms with Crippen LogP contribution in [0, 0.1) is 5.92 Å². The summed E-state index contributed by atoms with van der Waals surface area (Å²) < 4.78 is 11.7. The number of carbonyl (C=O) groups is 2. The van der Waals surface area contributed by atoms with Crippen LogP contribution in [0.25, 0.3) is 0 Å². The molecule has 1 amide bonds. The molecule has 0 aromatic heterocycles. The molecule has 1 unspecified atom stereocenters. The Hall–Kier alpha value is -1.13. The van der Waals surface area contributed by atoms with Crippen molar-refractivity contribution in [3.8, 4) is 0 Å². The Bertz CT molecular complexity index is 181. The van der Waals surface area contributed by atoms with E-state index in [1.54, 1.807) is 13.8 Å². The van der Waals surface area contributed by atoms with E-state index < -0.39 is 24.6 Å². The van der Waals surface area contributed by atoms with Gasteiger partial charge in [0.05, 0.1) is 0 Å². The number of amides is 1. The average Bonchev–Trinajstić information content (AvgIpc) is 1.98. The number of aliphatic carboxylic acids is 1. The van der Waals surface area contributed by atoms with Crippen molar-refractivity contribution in [1.29, 1.82) is 0 Å². The fourth-order valence-corrected chi connectivity index (χ4v) is 0.726. The molecule has 0 aliphatic heterocycles. The van der Waals surface area contributed by atoms with Crippen molar-refractivity contribution in [3.63, 3.8) is 0 Å². The van der Waals surface area contributed by atoms with E-state index in [0.717, 1.165) is 0 Å². The van der Waals surface area contributed by atoms with Gasteiger partial charge in [0.1, 0.15) is 6.04 Å². The lowest BCUT2D eigenvalue weighted by molar-refractivity contribution is -0.143. The Balaban J connectivity index is 4.14. The van der Waals surface area contributed by atoms with Crippen LogP contribution in [0.5, 0.6) is 0 Å². The van der Waals surface area contributed by atoms with Gasteiger partial charge in [-0.15, -0.1) is 0 Å². The molecule has 1 atom stereocenters. The molecule has 4 nitrogen and oxygen atoms in total. The molecule has 2 N–H and O–H groups in total. The average molecular weight is 177 g/mol. The highest BCUT2D eigenvalue weighted by molar-refractivity contribution is 5.84. The van der Waals surface area contributed by atoms with Gasteiger partial charge >= 0.3 is 5.97 Å². The molecule has 0 aliphatic rings. The maximum absolute atomic E-state index is 11.7. The Morgan fingerprint density at radius 3 is 2.25 bits per heavy atom. The second kappa shape index (κ2) is 4.69. The van der Waals surface area contributed by atoms with Gasteiger partial charge in [-0.2, -0.15) is 0 Å². The van der Waals surface area contributed by atoms with E-state index in [2.05, 4.69) is 5.32 Å². The highest BCUT2D eigenvalue weighted by atomic mass is 19.1. The molecule has 0 spiro atoms. The highest BCUT2D eigenvalue weighted by Gasteiger charge is 2.22. The van der Waals surface area contributed by atoms with Gasteiger partial charge in [-0.1, -0.05) is 13.8 Å². The van der Waals surface area contributed by atoms with Gasteiger partial charge in [0.15, 0.2) is 6.67 Å². The first kappa shape index (κ1) is 10.9. The van der Waals surface area contributed by atoms with Crippen molar-refractivity contribution < 1.29 is 19.1 Å². The van der Waals surface area contributed by atoms with Crippen LogP contribution in [-0.2, 0) is 9.59 Å². The summed E-state index contributed by atoms with van der Waals surface area (Å²) in [5.74, 6) is -2.29. The second-order valence-corrected chi connectivity index (χ2v) is 2.76. The van der Waals surface area contributed by atoms with Crippen LogP contribution in [0.3, 0.4) is 0 Å². The number of hydrogen-bond donors (Lipinski definition) is 2. The summed E-state index contributed by atoms with van der Waals surface area (Å²) >= 11 is 0. The summed E-state index contributed by atoms with van der Waals surface area (Å²) in [5, 5.41) is 10.6. The smallest absolute Gasteiger partial charge is 0.326 e. The number of hydrogen-bond acceptors (Lipinski definition) is 2. The van der Waals surface area contributed by atoms with Crippen molar-refractivity contribution in [2.75, 3.05) is 6.67 Å². The molecular weight excluding hydrogens is 165 g/mol. The summed E-state index contributed by atoms with van der Waals surface area (Å²) in [4.78, 5) is 20.9. The van der Waals surface area contributed by atoms with Gasteiger partial charge < -0.3 is 10.4 Å². The molecule has 0 fully saturated rings. The van der Waals surface area contributed by atoms with E-state index in [1.807, 2.05) is 0 Å². The van der Waals surface area contributed by atoms with Crippen LogP contribution in [0.2, 0.25) is 0 Å². The normalized spacial score (nSPS) is 12.7. The third kappa shape index (κ3) is 3.32. The van der Waals surface area contributed by atoms with Crippen molar-refractivity contribution in [2.45, 2.75) is 19.9 Å². The standard InChI is InChI=1S/C7H12FNO3/c1-4(2)6(7(11)12)9-5(10)3-8/h4,6H,3H2,1-2H3,(H,9,10)(H,11,12). The molecule has 70 valence electrons. The van der Waals surface area contributed by atoms with Gasteiger partial charge in [-0.3, -0.25) is 4.79 Å². The summed E-state index contributed by atoms with van der Waals surface area (Å²) in [6.45, 7) is 2.09. The van der Waals surface area contributed by atoms with Crippen molar-refractivity contribution >= 4 is 11.9 Å². The molecule has 0 rings (SSSR count). The monoisotopic (exact) mass is 177 g/mol. The number of carboxylic acids is 1. The summed E-state index contributed by atoms with van der Waals surface area (Å²) in [5.41, 5.74) is 0. The van der Waals surface area contributed by atoms with Crippen molar-refractivity contribution in [1.82, 2.24) is 5.32 Å². The lowest BCUT2D eigenvalue weighted by Crippen LogP contribution is -2.44. The van der Waals surface area contributed by atoms with E-state index in [4.69, 9.17) is 5.11 Å². The number of halogens is 1. The van der Waals surface area contributed by atoms with Crippen LogP contribution in [0.4, 0.5) is 4.39 Å². The third-order valence-electron chi connectivity index (χ3n) is 1.37. The quantitative estimate of drug-likeness (QED) is 0.643. The Labute approximate surface area is 69.8 Å². The van der Waals surface area contributed by atoms with E-state index in [0.29, 0.717) is 0 Å². The zero-order chi connectivity index (χ0) is 9.72. The topological polar surface area (TPSA) is 66.4 Å². The van der Waals surface area contributed by atoms with Gasteiger partial charge in [-0.05, 0) is 5.92 Å². The number of rotatable bonds is 4. The Morgan fingerprint density at radius 1 is 1.50 bits per heavy atom. The Morgan fingerprint density at radius 2 is 2.00 bits per heavy atom. The maximum atomic E-state index is 11.7. The highest BCUT2D eigenvalue weighted by Crippen LogP contribution is 2.01. The second-order valence-electron chi connectivity index (χ2n) is 2.76. The summed E-state index contributed by atoms with van der Waals surface area (Å²) in [6.07, 6.45) is 0. The van der Waals surface area contributed by atoms with Crippen molar-refractivity contribution in [3.05, 3.63) is 0 Å². The molecule has 0 aromatic rings. The Kier molecular flexibility index (Phi) is 4.25. The molecule has 0 aliphatic carbocycles. The van der Waals surface area contributed by atoms with Crippen LogP contribution >= 0.6 is 0 Å². The minimum Gasteiger partial charge on any atom is -0.480 e. The number of alkyl halides is 1. The van der Waals surface area contributed by atoms with Crippen LogP contribution in [0.15, 0.2) is 0 Å². The molecule has 0 radical (unpaired) electrons. The minimum atomic E-state index is -1.18. The van der Waals surface area contributed by atoms with Gasteiger partial charge in [0, 0.05) is 0 Å². The van der Waals surface area contributed by atoms with E-state index in [1.165, 1.54) is 0 Å². The third-order valence-corrected chi connectivity index (χ3v) is 1.37. The summed E-state index contributed by atoms with van der Waals surface area (Å²) in [6, 6.07) is -1.01. The van der Waals surface area contributed by atoms with Crippen LogP contribution in [0.1, 0.15) is 13.8 Å². The largest absolute Gasteiger partial charge is 0.480 e. The fraction of sp³-hybridized carbons (Fsp3) is 0.714. The summed E-state index contributed by atoms with van der Waals surface area (Å²) in [7, 11) is 0. The van der Waals surface area contributed by atoms with Gasteiger partial charge in [0.2, 0.25) is 0 Å². The molecule has 0 aromatic carbocycles. The van der Waals surface area contributed by atoms with Gasteiger partial charge in [-0.25, -0.2) is 9.18 Å². The van der Waals surface area contributed by atoms with E-state index in [9.17, 15) is 14.0 Å². The van der Waals surface area contributed by atoms with Crippen molar-refractivity contribution in [2.24, 2.45) is 5.92 Å². The molecule has 12 heavy (non-hydrogen) atoms. The van der Waals surface area contributed by atoms with Crippen LogP contribution < -0.4 is 5.32 Å². The number of carboxylic acid groups (broad SMARTS) is 1. The number of nitrogens with one attached hydrogen (secondary N) is 1. The zero-order valence-corrected chi connectivity index (χ0v) is 7.00. The molecular formula is C7H12FNO3. The first-order valence-electron chi connectivity index (χ1n) is 3.57. The predicted octanol–water partition coefficient (Wildman–Crippen LogP) is 0.181. The maximum Gasteiger partial charge on any atom is 0.326 e. The molecule has 5 heteroatoms. The predicted molar refractivity (Wildman–Crippen MR) is 40.4 cm³/mol. The zero-order valence-electron chi connectivity index (χ0n) is 7.00. The van der Waals surface area contributed by atoms with E-state index >= 15 is 0 Å². The first-order valence-corrected chi connectivity index (χ1v) is 3.57. The molecule has 0 saturated heterocycles. The lowest BCUT2D eigenvalue weighted by Gasteiger charge is -2.16.